The lowest BCUT2D eigenvalue weighted by Gasteiger charge is -2.34. The first-order valence-electron chi connectivity index (χ1n) is 14.0. The number of amides is 2. The molecule has 1 atom stereocenters. The first-order valence-corrected chi connectivity index (χ1v) is 15.4. The summed E-state index contributed by atoms with van der Waals surface area (Å²) in [7, 11) is -4.10. The molecule has 1 N–H and O–H groups in total. The molecular formula is C33H43N3O4S. The van der Waals surface area contributed by atoms with Crippen molar-refractivity contribution in [3.63, 3.8) is 0 Å². The van der Waals surface area contributed by atoms with E-state index in [0.717, 1.165) is 26.6 Å². The summed E-state index contributed by atoms with van der Waals surface area (Å²) in [6.45, 7) is 15.0. The van der Waals surface area contributed by atoms with E-state index in [1.807, 2.05) is 71.0 Å². The predicted octanol–water partition coefficient (Wildman–Crippen LogP) is 5.95. The SMILES string of the molecule is Cc1ccc(S(=O)(=O)N(CC(=O)N(Cc2ccccc2C)[C@@H](C)C(=O)NC(C)(C)C)c2ccc(C(C)C)cc2)cc1. The van der Waals surface area contributed by atoms with E-state index in [9.17, 15) is 18.0 Å². The van der Waals surface area contributed by atoms with E-state index >= 15 is 0 Å². The summed E-state index contributed by atoms with van der Waals surface area (Å²) in [6, 6.07) is 20.6. The Kier molecular flexibility index (Phi) is 10.0. The van der Waals surface area contributed by atoms with Crippen LogP contribution >= 0.6 is 0 Å². The molecule has 0 saturated heterocycles. The van der Waals surface area contributed by atoms with E-state index in [2.05, 4.69) is 19.2 Å². The lowest BCUT2D eigenvalue weighted by molar-refractivity contribution is -0.140. The Morgan fingerprint density at radius 3 is 1.98 bits per heavy atom. The summed E-state index contributed by atoms with van der Waals surface area (Å²) in [6.07, 6.45) is 0. The summed E-state index contributed by atoms with van der Waals surface area (Å²) in [5.74, 6) is -0.526. The first-order chi connectivity index (χ1) is 19.1. The molecule has 0 aromatic heterocycles. The molecule has 0 saturated carbocycles. The molecule has 3 aromatic rings. The van der Waals surface area contributed by atoms with Gasteiger partial charge in [0.1, 0.15) is 12.6 Å². The summed E-state index contributed by atoms with van der Waals surface area (Å²) in [5, 5.41) is 2.95. The normalized spacial score (nSPS) is 12.6. The molecule has 0 spiro atoms. The molecule has 7 nitrogen and oxygen atoms in total. The van der Waals surface area contributed by atoms with Crippen LogP contribution in [0, 0.1) is 13.8 Å². The maximum atomic E-state index is 14.1. The smallest absolute Gasteiger partial charge is 0.264 e. The van der Waals surface area contributed by atoms with Crippen molar-refractivity contribution in [3.05, 3.63) is 95.1 Å². The highest BCUT2D eigenvalue weighted by molar-refractivity contribution is 7.92. The van der Waals surface area contributed by atoms with E-state index in [1.165, 1.54) is 4.90 Å². The van der Waals surface area contributed by atoms with Crippen LogP contribution in [0.3, 0.4) is 0 Å². The van der Waals surface area contributed by atoms with Gasteiger partial charge in [-0.3, -0.25) is 13.9 Å². The van der Waals surface area contributed by atoms with Gasteiger partial charge in [-0.05, 0) is 88.4 Å². The van der Waals surface area contributed by atoms with E-state index in [1.54, 1.807) is 43.3 Å². The number of carbonyl (C=O) groups excluding carboxylic acids is 2. The third-order valence-electron chi connectivity index (χ3n) is 7.00. The predicted molar refractivity (Wildman–Crippen MR) is 165 cm³/mol. The second-order valence-electron chi connectivity index (χ2n) is 11.9. The molecule has 8 heteroatoms. The van der Waals surface area contributed by atoms with Crippen LogP contribution in [0.15, 0.2) is 77.7 Å². The number of carbonyl (C=O) groups is 2. The monoisotopic (exact) mass is 577 g/mol. The molecule has 220 valence electrons. The summed E-state index contributed by atoms with van der Waals surface area (Å²) in [5.41, 5.74) is 3.72. The van der Waals surface area contributed by atoms with Gasteiger partial charge in [0.15, 0.2) is 0 Å². The highest BCUT2D eigenvalue weighted by Gasteiger charge is 2.33. The van der Waals surface area contributed by atoms with E-state index in [0.29, 0.717) is 5.69 Å². The Morgan fingerprint density at radius 1 is 0.854 bits per heavy atom. The summed E-state index contributed by atoms with van der Waals surface area (Å²) < 4.78 is 29.1. The lowest BCUT2D eigenvalue weighted by atomic mass is 10.0. The largest absolute Gasteiger partial charge is 0.350 e. The van der Waals surface area contributed by atoms with Gasteiger partial charge in [-0.2, -0.15) is 0 Å². The Bertz CT molecular complexity index is 1460. The van der Waals surface area contributed by atoms with Gasteiger partial charge < -0.3 is 10.2 Å². The van der Waals surface area contributed by atoms with Crippen LogP contribution < -0.4 is 9.62 Å². The molecular weight excluding hydrogens is 534 g/mol. The van der Waals surface area contributed by atoms with Crippen LogP contribution in [-0.2, 0) is 26.2 Å². The topological polar surface area (TPSA) is 86.8 Å². The minimum Gasteiger partial charge on any atom is -0.350 e. The zero-order chi connectivity index (χ0) is 30.5. The van der Waals surface area contributed by atoms with Crippen molar-refractivity contribution in [3.8, 4) is 0 Å². The van der Waals surface area contributed by atoms with E-state index in [-0.39, 0.29) is 23.3 Å². The van der Waals surface area contributed by atoms with Gasteiger partial charge in [0.2, 0.25) is 11.8 Å². The van der Waals surface area contributed by atoms with Crippen molar-refractivity contribution in [2.75, 3.05) is 10.8 Å². The fourth-order valence-electron chi connectivity index (χ4n) is 4.42. The molecule has 0 fully saturated rings. The third kappa shape index (κ3) is 8.19. The van der Waals surface area contributed by atoms with Crippen LogP contribution in [-0.4, -0.2) is 43.3 Å². The molecule has 0 heterocycles. The fraction of sp³-hybridized carbons (Fsp3) is 0.394. The number of rotatable bonds is 10. The second-order valence-corrected chi connectivity index (χ2v) is 13.8. The highest BCUT2D eigenvalue weighted by atomic mass is 32.2. The molecule has 0 radical (unpaired) electrons. The van der Waals surface area contributed by atoms with Gasteiger partial charge in [0, 0.05) is 12.1 Å². The van der Waals surface area contributed by atoms with Gasteiger partial charge in [0.25, 0.3) is 10.0 Å². The minimum atomic E-state index is -4.10. The summed E-state index contributed by atoms with van der Waals surface area (Å²) in [4.78, 5) is 28.9. The molecule has 41 heavy (non-hydrogen) atoms. The van der Waals surface area contributed by atoms with Crippen molar-refractivity contribution in [1.29, 1.82) is 0 Å². The van der Waals surface area contributed by atoms with Gasteiger partial charge in [-0.1, -0.05) is 67.9 Å². The third-order valence-corrected chi connectivity index (χ3v) is 8.79. The maximum absolute atomic E-state index is 14.1. The van der Waals surface area contributed by atoms with Gasteiger partial charge in [-0.15, -0.1) is 0 Å². The highest BCUT2D eigenvalue weighted by Crippen LogP contribution is 2.27. The Hall–Kier alpha value is -3.65. The maximum Gasteiger partial charge on any atom is 0.264 e. The average Bonchev–Trinajstić information content (AvgIpc) is 2.90. The average molecular weight is 578 g/mol. The van der Waals surface area contributed by atoms with Crippen molar-refractivity contribution in [1.82, 2.24) is 10.2 Å². The standard InChI is InChI=1S/C33H43N3O4S/c1-23(2)27-15-17-29(18-16-27)36(41(39,40)30-19-13-24(3)14-20-30)22-31(37)35(21-28-12-10-9-11-25(28)4)26(5)32(38)34-33(6,7)8/h9-20,23,26H,21-22H2,1-8H3,(H,34,38)/t26-/m0/s1. The molecule has 0 aliphatic rings. The van der Waals surface area contributed by atoms with Crippen LogP contribution in [0.4, 0.5) is 5.69 Å². The molecule has 0 aliphatic heterocycles. The van der Waals surface area contributed by atoms with Crippen LogP contribution in [0.1, 0.15) is 69.7 Å². The van der Waals surface area contributed by atoms with Crippen LogP contribution in [0.5, 0.6) is 0 Å². The van der Waals surface area contributed by atoms with Crippen LogP contribution in [0.25, 0.3) is 0 Å². The summed E-state index contributed by atoms with van der Waals surface area (Å²) >= 11 is 0. The number of hydrogen-bond donors (Lipinski definition) is 1. The molecule has 3 rings (SSSR count). The molecule has 0 aliphatic carbocycles. The Labute approximate surface area is 245 Å². The quantitative estimate of drug-likeness (QED) is 0.322. The zero-order valence-electron chi connectivity index (χ0n) is 25.4. The number of sulfonamides is 1. The van der Waals surface area contributed by atoms with Gasteiger partial charge >= 0.3 is 0 Å². The molecule has 3 aromatic carbocycles. The van der Waals surface area contributed by atoms with Crippen molar-refractivity contribution >= 4 is 27.5 Å². The van der Waals surface area contributed by atoms with Gasteiger partial charge in [-0.25, -0.2) is 8.42 Å². The lowest BCUT2D eigenvalue weighted by Crippen LogP contribution is -2.54. The van der Waals surface area contributed by atoms with Crippen molar-refractivity contribution < 1.29 is 18.0 Å². The number of anilines is 1. The van der Waals surface area contributed by atoms with E-state index in [4.69, 9.17) is 0 Å². The number of nitrogens with one attached hydrogen (secondary N) is 1. The van der Waals surface area contributed by atoms with E-state index < -0.39 is 34.1 Å². The number of aryl methyl sites for hydroxylation is 2. The second kappa shape index (κ2) is 12.9. The minimum absolute atomic E-state index is 0.0906. The molecule has 2 amide bonds. The first kappa shape index (κ1) is 31.9. The molecule has 0 unspecified atom stereocenters. The molecule has 0 bridgehead atoms. The number of benzene rings is 3. The van der Waals surface area contributed by atoms with Crippen LogP contribution in [0.2, 0.25) is 0 Å². The Balaban J connectivity index is 2.06. The van der Waals surface area contributed by atoms with Crippen molar-refractivity contribution in [2.24, 2.45) is 0 Å². The Morgan fingerprint density at radius 2 is 1.44 bits per heavy atom. The van der Waals surface area contributed by atoms with Crippen molar-refractivity contribution in [2.45, 2.75) is 84.3 Å². The fourth-order valence-corrected chi connectivity index (χ4v) is 5.83. The van der Waals surface area contributed by atoms with Gasteiger partial charge in [0.05, 0.1) is 10.6 Å². The number of hydrogen-bond acceptors (Lipinski definition) is 4. The zero-order valence-corrected chi connectivity index (χ0v) is 26.2. The number of nitrogens with zero attached hydrogens (tertiary/aromatic N) is 2.